The van der Waals surface area contributed by atoms with E-state index in [1.807, 2.05) is 30.3 Å². The van der Waals surface area contributed by atoms with Gasteiger partial charge in [0.15, 0.2) is 0 Å². The van der Waals surface area contributed by atoms with Crippen LogP contribution in [0.25, 0.3) is 11.0 Å². The molecule has 6 heteroatoms. The number of hydrogen-bond acceptors (Lipinski definition) is 4. The molecule has 18 heavy (non-hydrogen) atoms. The van der Waals surface area contributed by atoms with E-state index in [0.29, 0.717) is 15.3 Å². The van der Waals surface area contributed by atoms with Gasteiger partial charge in [-0.25, -0.2) is 4.98 Å². The van der Waals surface area contributed by atoms with Crippen LogP contribution in [0, 0.1) is 6.92 Å². The molecule has 2 heterocycles. The minimum Gasteiger partial charge on any atom is -0.266 e. The van der Waals surface area contributed by atoms with E-state index in [9.17, 15) is 4.79 Å². The third-order valence-corrected chi connectivity index (χ3v) is 4.16. The van der Waals surface area contributed by atoms with Crippen molar-refractivity contribution >= 4 is 38.3 Å². The molecule has 3 aromatic rings. The van der Waals surface area contributed by atoms with Crippen LogP contribution in [0.1, 0.15) is 11.4 Å². The quantitative estimate of drug-likeness (QED) is 0.686. The topological polar surface area (TPSA) is 47.3 Å². The summed E-state index contributed by atoms with van der Waals surface area (Å²) in [4.78, 5) is 16.9. The lowest BCUT2D eigenvalue weighted by Gasteiger charge is -1.94. The zero-order chi connectivity index (χ0) is 12.7. The molecule has 0 N–H and O–H groups in total. The van der Waals surface area contributed by atoms with Crippen molar-refractivity contribution in [2.24, 2.45) is 0 Å². The zero-order valence-electron chi connectivity index (χ0n) is 9.42. The predicted molar refractivity (Wildman–Crippen MR) is 74.8 cm³/mol. The summed E-state index contributed by atoms with van der Waals surface area (Å²) in [5, 5.41) is 4.07. The number of thiazole rings is 1. The normalized spacial score (nSPS) is 12.4. The first-order valence-electron chi connectivity index (χ1n) is 5.27. The smallest absolute Gasteiger partial charge is 0.266 e. The van der Waals surface area contributed by atoms with Crippen LogP contribution in [0.15, 0.2) is 33.5 Å². The number of aryl methyl sites for hydroxylation is 1. The number of nitrogens with zero attached hydrogens (tertiary/aromatic N) is 3. The van der Waals surface area contributed by atoms with Gasteiger partial charge in [0, 0.05) is 4.47 Å². The molecule has 0 bridgehead atoms. The van der Waals surface area contributed by atoms with Gasteiger partial charge in [-0.15, -0.1) is 5.10 Å². The van der Waals surface area contributed by atoms with Crippen molar-refractivity contribution in [3.05, 3.63) is 55.0 Å². The Bertz CT molecular complexity index is 837. The van der Waals surface area contributed by atoms with Crippen LogP contribution < -0.4 is 10.1 Å². The zero-order valence-corrected chi connectivity index (χ0v) is 11.8. The van der Waals surface area contributed by atoms with Crippen molar-refractivity contribution in [1.82, 2.24) is 14.6 Å². The second kappa shape index (κ2) is 4.29. The maximum atomic E-state index is 12.1. The summed E-state index contributed by atoms with van der Waals surface area (Å²) in [5.41, 5.74) is 0.849. The molecule has 0 aliphatic rings. The summed E-state index contributed by atoms with van der Waals surface area (Å²) in [5.74, 6) is 0.616. The first-order valence-corrected chi connectivity index (χ1v) is 6.88. The number of aromatic nitrogens is 3. The summed E-state index contributed by atoms with van der Waals surface area (Å²) in [7, 11) is 0. The Labute approximate surface area is 115 Å². The molecule has 0 unspecified atom stereocenters. The monoisotopic (exact) mass is 321 g/mol. The second-order valence-corrected chi connectivity index (χ2v) is 5.65. The highest BCUT2D eigenvalue weighted by atomic mass is 79.9. The van der Waals surface area contributed by atoms with E-state index < -0.39 is 0 Å². The van der Waals surface area contributed by atoms with Gasteiger partial charge in [0.25, 0.3) is 5.56 Å². The van der Waals surface area contributed by atoms with E-state index in [1.54, 1.807) is 6.92 Å². The molecule has 0 fully saturated rings. The van der Waals surface area contributed by atoms with Crippen molar-refractivity contribution < 1.29 is 0 Å². The Hall–Kier alpha value is -1.53. The molecule has 0 radical (unpaired) electrons. The van der Waals surface area contributed by atoms with Crippen LogP contribution in [0.5, 0.6) is 0 Å². The Balaban J connectivity index is 2.27. The number of benzene rings is 1. The molecule has 0 aliphatic heterocycles. The van der Waals surface area contributed by atoms with Crippen molar-refractivity contribution in [2.45, 2.75) is 6.92 Å². The number of hydrogen-bond donors (Lipinski definition) is 0. The second-order valence-electron chi connectivity index (χ2n) is 3.79. The molecule has 1 aromatic carbocycles. The maximum absolute atomic E-state index is 12.1. The lowest BCUT2D eigenvalue weighted by atomic mass is 10.2. The first-order chi connectivity index (χ1) is 8.65. The third kappa shape index (κ3) is 1.87. The molecule has 90 valence electrons. The Morgan fingerprint density at radius 3 is 2.89 bits per heavy atom. The van der Waals surface area contributed by atoms with E-state index in [1.165, 1.54) is 15.9 Å². The summed E-state index contributed by atoms with van der Waals surface area (Å²) in [6.45, 7) is 1.77. The number of fused-ring (bicyclic) bond motifs is 1. The van der Waals surface area contributed by atoms with Gasteiger partial charge in [0.2, 0.25) is 4.96 Å². The highest BCUT2D eigenvalue weighted by Crippen LogP contribution is 2.16. The first kappa shape index (κ1) is 11.6. The van der Waals surface area contributed by atoms with Crippen LogP contribution in [-0.4, -0.2) is 14.6 Å². The van der Waals surface area contributed by atoms with Gasteiger partial charge in [0.1, 0.15) is 5.82 Å². The van der Waals surface area contributed by atoms with E-state index in [4.69, 9.17) is 0 Å². The average molecular weight is 322 g/mol. The van der Waals surface area contributed by atoms with Gasteiger partial charge >= 0.3 is 0 Å². The van der Waals surface area contributed by atoms with E-state index in [0.717, 1.165) is 10.0 Å². The van der Waals surface area contributed by atoms with E-state index in [2.05, 4.69) is 26.0 Å². The third-order valence-electron chi connectivity index (χ3n) is 2.48. The molecule has 4 nitrogen and oxygen atoms in total. The van der Waals surface area contributed by atoms with Crippen molar-refractivity contribution in [3.63, 3.8) is 0 Å². The Morgan fingerprint density at radius 1 is 1.39 bits per heavy atom. The molecular weight excluding hydrogens is 314 g/mol. The number of rotatable bonds is 1. The van der Waals surface area contributed by atoms with Crippen LogP contribution in [0.3, 0.4) is 0 Å². The van der Waals surface area contributed by atoms with Crippen LogP contribution in [-0.2, 0) is 0 Å². The Kier molecular flexibility index (Phi) is 2.76. The van der Waals surface area contributed by atoms with Crippen molar-refractivity contribution in [2.75, 3.05) is 0 Å². The lowest BCUT2D eigenvalue weighted by Crippen LogP contribution is -2.23. The van der Waals surface area contributed by atoms with Gasteiger partial charge in [0.05, 0.1) is 4.53 Å². The van der Waals surface area contributed by atoms with Crippen LogP contribution in [0.4, 0.5) is 0 Å². The standard InChI is InChI=1S/C12H8BrN3OS/c1-7-14-12-16(15-7)11(17)10(18-12)6-8-4-2-3-5-9(8)13/h2-6H,1H3/b10-6-. The molecule has 3 rings (SSSR count). The van der Waals surface area contributed by atoms with Gasteiger partial charge in [-0.2, -0.15) is 4.52 Å². The Morgan fingerprint density at radius 2 is 2.17 bits per heavy atom. The largest absolute Gasteiger partial charge is 0.291 e. The average Bonchev–Trinajstić information content (AvgIpc) is 2.82. The highest BCUT2D eigenvalue weighted by Gasteiger charge is 2.07. The molecule has 0 spiro atoms. The molecule has 0 amide bonds. The fourth-order valence-electron chi connectivity index (χ4n) is 1.66. The molecule has 0 atom stereocenters. The van der Waals surface area contributed by atoms with Gasteiger partial charge in [-0.1, -0.05) is 45.5 Å². The minimum atomic E-state index is -0.119. The molecular formula is C12H8BrN3OS. The lowest BCUT2D eigenvalue weighted by molar-refractivity contribution is 0.904. The van der Waals surface area contributed by atoms with Gasteiger partial charge < -0.3 is 0 Å². The SMILES string of the molecule is Cc1nc2s/c(=C\c3ccccc3Br)c(=O)n2n1. The fourth-order valence-corrected chi connectivity index (χ4v) is 3.01. The highest BCUT2D eigenvalue weighted by molar-refractivity contribution is 9.10. The van der Waals surface area contributed by atoms with E-state index >= 15 is 0 Å². The van der Waals surface area contributed by atoms with Gasteiger partial charge in [-0.3, -0.25) is 4.79 Å². The van der Waals surface area contributed by atoms with Crippen LogP contribution in [0.2, 0.25) is 0 Å². The number of halogens is 1. The summed E-state index contributed by atoms with van der Waals surface area (Å²) in [6.07, 6.45) is 1.85. The summed E-state index contributed by atoms with van der Waals surface area (Å²) < 4.78 is 2.94. The predicted octanol–water partition coefficient (Wildman–Crippen LogP) is 1.77. The molecule has 0 saturated carbocycles. The van der Waals surface area contributed by atoms with Crippen molar-refractivity contribution in [3.8, 4) is 0 Å². The molecule has 0 saturated heterocycles. The molecule has 0 aliphatic carbocycles. The molecule has 2 aromatic heterocycles. The van der Waals surface area contributed by atoms with Crippen LogP contribution >= 0.6 is 27.3 Å². The van der Waals surface area contributed by atoms with Crippen molar-refractivity contribution in [1.29, 1.82) is 0 Å². The fraction of sp³-hybridized carbons (Fsp3) is 0.0833. The van der Waals surface area contributed by atoms with E-state index in [-0.39, 0.29) is 5.56 Å². The minimum absolute atomic E-state index is 0.119. The van der Waals surface area contributed by atoms with Gasteiger partial charge in [-0.05, 0) is 24.6 Å². The summed E-state index contributed by atoms with van der Waals surface area (Å²) >= 11 is 4.81. The maximum Gasteiger partial charge on any atom is 0.291 e. The summed E-state index contributed by atoms with van der Waals surface area (Å²) in [6, 6.07) is 7.76.